The van der Waals surface area contributed by atoms with Crippen LogP contribution in [-0.2, 0) is 6.18 Å². The number of hydrogen-bond acceptors (Lipinski definition) is 5. The smallest absolute Gasteiger partial charge is 0.416 e. The third-order valence-electron chi connectivity index (χ3n) is 6.62. The van der Waals surface area contributed by atoms with Gasteiger partial charge in [0.25, 0.3) is 5.91 Å². The van der Waals surface area contributed by atoms with Gasteiger partial charge >= 0.3 is 18.2 Å². The van der Waals surface area contributed by atoms with Gasteiger partial charge in [-0.05, 0) is 57.2 Å². The third-order valence-corrected chi connectivity index (χ3v) is 6.62. The van der Waals surface area contributed by atoms with E-state index in [1.807, 2.05) is 6.92 Å². The number of para-hydroxylation sites is 1. The van der Waals surface area contributed by atoms with E-state index < -0.39 is 35.9 Å². The number of ether oxygens (including phenoxy) is 1. The lowest BCUT2D eigenvalue weighted by Crippen LogP contribution is -2.50. The van der Waals surface area contributed by atoms with Gasteiger partial charge in [-0.25, -0.2) is 9.59 Å². The minimum absolute atomic E-state index is 0.0368. The first kappa shape index (κ1) is 31.5. The quantitative estimate of drug-likeness (QED) is 0.381. The van der Waals surface area contributed by atoms with Crippen LogP contribution in [0.15, 0.2) is 42.5 Å². The number of hydrogen-bond donors (Lipinski definition) is 4. The average Bonchev–Trinajstić information content (AvgIpc) is 2.89. The van der Waals surface area contributed by atoms with Crippen LogP contribution in [0.1, 0.15) is 43.6 Å². The molecule has 1 aliphatic heterocycles. The molecule has 0 aromatic heterocycles. The highest BCUT2D eigenvalue weighted by Crippen LogP contribution is 2.35. The lowest BCUT2D eigenvalue weighted by Gasteiger charge is -2.38. The zero-order chi connectivity index (χ0) is 30.5. The summed E-state index contributed by atoms with van der Waals surface area (Å²) in [5, 5.41) is 17.8. The fourth-order valence-electron chi connectivity index (χ4n) is 4.29. The van der Waals surface area contributed by atoms with Gasteiger partial charge in [0.05, 0.1) is 36.0 Å². The van der Waals surface area contributed by atoms with Gasteiger partial charge < -0.3 is 35.6 Å². The molecule has 0 fully saturated rings. The maximum atomic E-state index is 13.5. The zero-order valence-electron chi connectivity index (χ0n) is 23.6. The summed E-state index contributed by atoms with van der Waals surface area (Å²) in [6.45, 7) is 7.12. The summed E-state index contributed by atoms with van der Waals surface area (Å²) >= 11 is 0. The number of halogens is 3. The SMILES string of the molecule is CC(C)NC(=O)Nc1cccc2c1O[C@H](CN(C)C(=O)Nc1ccc(C(F)(F)F)cc1)[C@H](C)CN([C@@H](C)CO)C2=O. The first-order valence-electron chi connectivity index (χ1n) is 13.2. The molecular formula is C28H36F3N5O5. The number of rotatable bonds is 7. The lowest BCUT2D eigenvalue weighted by molar-refractivity contribution is -0.137. The van der Waals surface area contributed by atoms with Gasteiger partial charge in [-0.15, -0.1) is 0 Å². The highest BCUT2D eigenvalue weighted by Gasteiger charge is 2.35. The van der Waals surface area contributed by atoms with Crippen LogP contribution in [0, 0.1) is 5.92 Å². The molecule has 41 heavy (non-hydrogen) atoms. The largest absolute Gasteiger partial charge is 0.485 e. The van der Waals surface area contributed by atoms with Crippen LogP contribution in [0.5, 0.6) is 5.75 Å². The van der Waals surface area contributed by atoms with E-state index in [0.717, 1.165) is 12.1 Å². The molecule has 13 heteroatoms. The summed E-state index contributed by atoms with van der Waals surface area (Å²) in [6.07, 6.45) is -5.16. The van der Waals surface area contributed by atoms with E-state index >= 15 is 0 Å². The van der Waals surface area contributed by atoms with E-state index in [-0.39, 0.29) is 60.3 Å². The monoisotopic (exact) mass is 579 g/mol. The number of fused-ring (bicyclic) bond motifs is 1. The van der Waals surface area contributed by atoms with Crippen molar-refractivity contribution >= 4 is 29.3 Å². The molecule has 0 saturated heterocycles. The molecular weight excluding hydrogens is 543 g/mol. The molecule has 1 heterocycles. The van der Waals surface area contributed by atoms with Crippen molar-refractivity contribution in [1.82, 2.24) is 15.1 Å². The fourth-order valence-corrected chi connectivity index (χ4v) is 4.29. The Bertz CT molecular complexity index is 1240. The molecule has 2 aromatic rings. The Labute approximate surface area is 236 Å². The normalized spacial score (nSPS) is 18.0. The van der Waals surface area contributed by atoms with Crippen molar-refractivity contribution in [2.45, 2.75) is 52.1 Å². The third kappa shape index (κ3) is 8.03. The second kappa shape index (κ2) is 13.1. The van der Waals surface area contributed by atoms with Crippen LogP contribution >= 0.6 is 0 Å². The molecule has 4 N–H and O–H groups in total. The van der Waals surface area contributed by atoms with Crippen molar-refractivity contribution < 1.29 is 37.4 Å². The topological polar surface area (TPSA) is 123 Å². The van der Waals surface area contributed by atoms with Gasteiger partial charge in [-0.1, -0.05) is 13.0 Å². The lowest BCUT2D eigenvalue weighted by atomic mass is 9.99. The van der Waals surface area contributed by atoms with Crippen LogP contribution in [0.4, 0.5) is 34.1 Å². The number of amides is 5. The molecule has 10 nitrogen and oxygen atoms in total. The number of likely N-dealkylation sites (N-methyl/N-ethyl adjacent to an activating group) is 1. The highest BCUT2D eigenvalue weighted by molar-refractivity contribution is 6.01. The van der Waals surface area contributed by atoms with Crippen LogP contribution < -0.4 is 20.7 Å². The second-order valence-electron chi connectivity index (χ2n) is 10.4. The Balaban J connectivity index is 1.88. The second-order valence-corrected chi connectivity index (χ2v) is 10.4. The zero-order valence-corrected chi connectivity index (χ0v) is 23.6. The molecule has 0 spiro atoms. The molecule has 1 aliphatic rings. The van der Waals surface area contributed by atoms with Crippen molar-refractivity contribution in [3.8, 4) is 5.75 Å². The Kier molecular flexibility index (Phi) is 10.1. The first-order valence-corrected chi connectivity index (χ1v) is 13.2. The maximum absolute atomic E-state index is 13.5. The Morgan fingerprint density at radius 2 is 1.78 bits per heavy atom. The van der Waals surface area contributed by atoms with Gasteiger partial charge in [0.15, 0.2) is 5.75 Å². The summed E-state index contributed by atoms with van der Waals surface area (Å²) in [6, 6.07) is 7.12. The van der Waals surface area contributed by atoms with Crippen molar-refractivity contribution in [3.63, 3.8) is 0 Å². The van der Waals surface area contributed by atoms with Crippen molar-refractivity contribution in [3.05, 3.63) is 53.6 Å². The van der Waals surface area contributed by atoms with E-state index in [4.69, 9.17) is 4.74 Å². The molecule has 3 rings (SSSR count). The van der Waals surface area contributed by atoms with Crippen molar-refractivity contribution in [2.24, 2.45) is 5.92 Å². The highest BCUT2D eigenvalue weighted by atomic mass is 19.4. The molecule has 0 radical (unpaired) electrons. The van der Waals surface area contributed by atoms with Crippen molar-refractivity contribution in [1.29, 1.82) is 0 Å². The maximum Gasteiger partial charge on any atom is 0.416 e. The minimum Gasteiger partial charge on any atom is -0.485 e. The predicted molar refractivity (Wildman–Crippen MR) is 148 cm³/mol. The van der Waals surface area contributed by atoms with E-state index in [1.54, 1.807) is 39.0 Å². The van der Waals surface area contributed by atoms with Crippen molar-refractivity contribution in [2.75, 3.05) is 37.4 Å². The summed E-state index contributed by atoms with van der Waals surface area (Å²) in [5.74, 6) is -0.590. The van der Waals surface area contributed by atoms with Crippen LogP contribution in [0.2, 0.25) is 0 Å². The van der Waals surface area contributed by atoms with Crippen LogP contribution in [0.25, 0.3) is 0 Å². The van der Waals surface area contributed by atoms with Gasteiger partial charge in [0.2, 0.25) is 0 Å². The van der Waals surface area contributed by atoms with Gasteiger partial charge in [0.1, 0.15) is 6.10 Å². The number of urea groups is 2. The number of aliphatic hydroxyl groups excluding tert-OH is 1. The first-order chi connectivity index (χ1) is 19.2. The molecule has 0 unspecified atom stereocenters. The van der Waals surface area contributed by atoms with E-state index in [2.05, 4.69) is 16.0 Å². The summed E-state index contributed by atoms with van der Waals surface area (Å²) in [4.78, 5) is 41.8. The molecule has 0 saturated carbocycles. The standard InChI is InChI=1S/C28H36F3N5O5/c1-16(2)32-26(39)34-22-8-6-7-21-24(22)41-23(17(3)13-36(25(21)38)18(4)15-37)14-35(5)27(40)33-20-11-9-19(10-12-20)28(29,30)31/h6-12,16-18,23,37H,13-15H2,1-5H3,(H,33,40)(H2,32,34,39)/t17-,18+,23-/m1/s1. The molecule has 0 aliphatic carbocycles. The predicted octanol–water partition coefficient (Wildman–Crippen LogP) is 4.62. The van der Waals surface area contributed by atoms with Gasteiger partial charge in [0, 0.05) is 31.2 Å². The number of anilines is 2. The Morgan fingerprint density at radius 3 is 2.37 bits per heavy atom. The van der Waals surface area contributed by atoms with E-state index in [1.165, 1.54) is 29.0 Å². The molecule has 3 atom stereocenters. The fraction of sp³-hybridized carbons (Fsp3) is 0.464. The van der Waals surface area contributed by atoms with Crippen LogP contribution in [0.3, 0.4) is 0 Å². The number of alkyl halides is 3. The Hall–Kier alpha value is -4.00. The van der Waals surface area contributed by atoms with Gasteiger partial charge in [-0.2, -0.15) is 13.2 Å². The van der Waals surface area contributed by atoms with Crippen LogP contribution in [-0.4, -0.2) is 77.8 Å². The Morgan fingerprint density at radius 1 is 1.12 bits per heavy atom. The molecule has 224 valence electrons. The molecule has 2 aromatic carbocycles. The number of aliphatic hydroxyl groups is 1. The average molecular weight is 580 g/mol. The van der Waals surface area contributed by atoms with Gasteiger partial charge in [-0.3, -0.25) is 4.79 Å². The molecule has 0 bridgehead atoms. The number of nitrogens with one attached hydrogen (secondary N) is 3. The number of carbonyl (C=O) groups is 3. The van der Waals surface area contributed by atoms with E-state index in [9.17, 15) is 32.7 Å². The number of carbonyl (C=O) groups excluding carboxylic acids is 3. The minimum atomic E-state index is -4.49. The number of nitrogens with zero attached hydrogens (tertiary/aromatic N) is 2. The molecule has 5 amide bonds. The summed E-state index contributed by atoms with van der Waals surface area (Å²) < 4.78 is 45.0. The van der Waals surface area contributed by atoms with E-state index in [0.29, 0.717) is 0 Å². The number of benzene rings is 2. The summed E-state index contributed by atoms with van der Waals surface area (Å²) in [7, 11) is 1.51. The summed E-state index contributed by atoms with van der Waals surface area (Å²) in [5.41, 5.74) is -0.215.